The molecule has 1 atom stereocenters. The molecule has 0 saturated heterocycles. The van der Waals surface area contributed by atoms with Crippen LogP contribution in [0.4, 0.5) is 0 Å². The second-order valence-corrected chi connectivity index (χ2v) is 22.7. The molecule has 0 radical (unpaired) electrons. The van der Waals surface area contributed by atoms with Crippen molar-refractivity contribution in [2.24, 2.45) is 0 Å². The topological polar surface area (TPSA) is 78.9 Å². The summed E-state index contributed by atoms with van der Waals surface area (Å²) >= 11 is 0. The quantitative estimate of drug-likeness (QED) is 0.0261. The van der Waals surface area contributed by atoms with E-state index in [1.165, 1.54) is 199 Å². The number of hydrogen-bond donors (Lipinski definition) is 0. The van der Waals surface area contributed by atoms with Gasteiger partial charge in [0.25, 0.3) is 0 Å². The number of ether oxygens (including phenoxy) is 3. The van der Waals surface area contributed by atoms with Gasteiger partial charge in [0.05, 0.1) is 0 Å². The van der Waals surface area contributed by atoms with E-state index in [2.05, 4.69) is 106 Å². The molecule has 0 spiro atoms. The molecular weight excluding hydrogens is 973 g/mol. The van der Waals surface area contributed by atoms with Gasteiger partial charge in [0.15, 0.2) is 6.10 Å². The largest absolute Gasteiger partial charge is 0.462 e. The van der Waals surface area contributed by atoms with E-state index in [1.807, 2.05) is 0 Å². The van der Waals surface area contributed by atoms with E-state index in [0.29, 0.717) is 19.3 Å². The predicted octanol–water partition coefficient (Wildman–Crippen LogP) is 23.4. The highest BCUT2D eigenvalue weighted by molar-refractivity contribution is 5.71. The van der Waals surface area contributed by atoms with Crippen molar-refractivity contribution >= 4 is 17.9 Å². The Bertz CT molecular complexity index is 1500. The van der Waals surface area contributed by atoms with E-state index in [0.717, 1.165) is 103 Å². The first-order valence-electron chi connectivity index (χ1n) is 34.1. The maximum Gasteiger partial charge on any atom is 0.306 e. The van der Waals surface area contributed by atoms with Crippen molar-refractivity contribution in [3.05, 3.63) is 85.1 Å². The summed E-state index contributed by atoms with van der Waals surface area (Å²) < 4.78 is 16.9. The van der Waals surface area contributed by atoms with Crippen LogP contribution in [0.15, 0.2) is 85.1 Å². The van der Waals surface area contributed by atoms with E-state index >= 15 is 0 Å². The molecule has 79 heavy (non-hydrogen) atoms. The Morgan fingerprint density at radius 2 is 0.494 bits per heavy atom. The fourth-order valence-corrected chi connectivity index (χ4v) is 9.76. The summed E-state index contributed by atoms with van der Waals surface area (Å²) in [6.45, 7) is 6.53. The highest BCUT2D eigenvalue weighted by Crippen LogP contribution is 2.17. The second-order valence-electron chi connectivity index (χ2n) is 22.7. The number of esters is 3. The molecular formula is C73H128O6. The third kappa shape index (κ3) is 65.3. The van der Waals surface area contributed by atoms with Crippen molar-refractivity contribution in [2.45, 2.75) is 348 Å². The van der Waals surface area contributed by atoms with Gasteiger partial charge in [-0.2, -0.15) is 0 Å². The van der Waals surface area contributed by atoms with Gasteiger partial charge in [-0.05, 0) is 116 Å². The second kappa shape index (κ2) is 67.1. The fraction of sp³-hybridized carbons (Fsp3) is 0.767. The van der Waals surface area contributed by atoms with E-state index in [1.54, 1.807) is 0 Å². The van der Waals surface area contributed by atoms with Crippen LogP contribution in [0.3, 0.4) is 0 Å². The lowest BCUT2D eigenvalue weighted by Gasteiger charge is -2.18. The molecule has 0 aromatic carbocycles. The van der Waals surface area contributed by atoms with E-state index < -0.39 is 6.10 Å². The summed E-state index contributed by atoms with van der Waals surface area (Å²) in [5.74, 6) is -0.899. The van der Waals surface area contributed by atoms with Crippen LogP contribution in [0.25, 0.3) is 0 Å². The summed E-state index contributed by atoms with van der Waals surface area (Å²) in [5, 5.41) is 0. The van der Waals surface area contributed by atoms with Crippen molar-refractivity contribution in [3.63, 3.8) is 0 Å². The van der Waals surface area contributed by atoms with Gasteiger partial charge in [-0.15, -0.1) is 0 Å². The zero-order chi connectivity index (χ0) is 57.1. The Labute approximate surface area is 490 Å². The van der Waals surface area contributed by atoms with Crippen molar-refractivity contribution in [1.82, 2.24) is 0 Å². The normalized spacial score (nSPS) is 12.6. The fourth-order valence-electron chi connectivity index (χ4n) is 9.76. The monoisotopic (exact) mass is 1100 g/mol. The third-order valence-corrected chi connectivity index (χ3v) is 14.9. The smallest absolute Gasteiger partial charge is 0.306 e. The van der Waals surface area contributed by atoms with Crippen LogP contribution in [0.5, 0.6) is 0 Å². The molecule has 1 unspecified atom stereocenters. The van der Waals surface area contributed by atoms with Crippen LogP contribution in [0.2, 0.25) is 0 Å². The van der Waals surface area contributed by atoms with Gasteiger partial charge in [0.2, 0.25) is 0 Å². The van der Waals surface area contributed by atoms with Crippen molar-refractivity contribution < 1.29 is 28.6 Å². The Balaban J connectivity index is 4.32. The van der Waals surface area contributed by atoms with E-state index in [9.17, 15) is 14.4 Å². The number of unbranched alkanes of at least 4 members (excludes halogenated alkanes) is 37. The van der Waals surface area contributed by atoms with E-state index in [-0.39, 0.29) is 31.1 Å². The molecule has 0 rings (SSSR count). The van der Waals surface area contributed by atoms with Gasteiger partial charge < -0.3 is 14.2 Å². The van der Waals surface area contributed by atoms with Gasteiger partial charge in [-0.1, -0.05) is 292 Å². The third-order valence-electron chi connectivity index (χ3n) is 14.9. The molecule has 0 aliphatic rings. The van der Waals surface area contributed by atoms with Crippen LogP contribution >= 0.6 is 0 Å². The first-order valence-corrected chi connectivity index (χ1v) is 34.1. The first-order chi connectivity index (χ1) is 39.0. The minimum atomic E-state index is -0.793. The maximum atomic E-state index is 12.9. The molecule has 6 heteroatoms. The summed E-state index contributed by atoms with van der Waals surface area (Å²) in [6.07, 6.45) is 88.9. The van der Waals surface area contributed by atoms with Crippen molar-refractivity contribution in [1.29, 1.82) is 0 Å². The SMILES string of the molecule is CC/C=C\C/C=C\C/C=C\C/C=C\CCCCCCC(=O)OC(COC(=O)CCCCCCCCC/C=C\CCCCCCCC)COC(=O)CCCCCCCCCCCCCCCCC/C=C\C/C=C\CCCCCCC. The molecule has 0 amide bonds. The number of carbonyl (C=O) groups excluding carboxylic acids is 3. The lowest BCUT2D eigenvalue weighted by molar-refractivity contribution is -0.167. The van der Waals surface area contributed by atoms with Gasteiger partial charge in [-0.25, -0.2) is 0 Å². The summed E-state index contributed by atoms with van der Waals surface area (Å²) in [7, 11) is 0. The standard InChI is InChI=1S/C73H128O6/c1-4-7-10-13-16-19-22-25-28-31-32-33-34-35-36-37-38-39-40-43-45-48-51-54-57-60-63-66-72(75)78-69-70(79-73(76)67-64-61-58-55-52-49-46-42-30-27-24-21-18-15-12-9-6-3)68-77-71(74)65-62-59-56-53-50-47-44-41-29-26-23-20-17-14-11-8-5-2/h9,12,18,21-22,25-27,29-32,46,49,70H,4-8,10-11,13-17,19-20,23-24,28,33-45,47-48,50-69H2,1-3H3/b12-9-,21-18-,25-22-,29-26-,30-27-,32-31-,49-46-. The van der Waals surface area contributed by atoms with Crippen molar-refractivity contribution in [2.75, 3.05) is 13.2 Å². The number of rotatable bonds is 62. The average Bonchev–Trinajstić information content (AvgIpc) is 3.45. The predicted molar refractivity (Wildman–Crippen MR) is 344 cm³/mol. The van der Waals surface area contributed by atoms with Gasteiger partial charge in [0.1, 0.15) is 13.2 Å². The van der Waals surface area contributed by atoms with Crippen molar-refractivity contribution in [3.8, 4) is 0 Å². The van der Waals surface area contributed by atoms with Gasteiger partial charge >= 0.3 is 17.9 Å². The Morgan fingerprint density at radius 3 is 0.785 bits per heavy atom. The van der Waals surface area contributed by atoms with Crippen LogP contribution in [0, 0.1) is 0 Å². The molecule has 0 N–H and O–H groups in total. The number of carbonyl (C=O) groups is 3. The van der Waals surface area contributed by atoms with Crippen LogP contribution in [-0.4, -0.2) is 37.2 Å². The molecule has 0 bridgehead atoms. The molecule has 0 fully saturated rings. The van der Waals surface area contributed by atoms with Gasteiger partial charge in [0, 0.05) is 19.3 Å². The van der Waals surface area contributed by atoms with Crippen LogP contribution in [0.1, 0.15) is 342 Å². The lowest BCUT2D eigenvalue weighted by atomic mass is 10.0. The Hall–Kier alpha value is -3.41. The molecule has 456 valence electrons. The highest BCUT2D eigenvalue weighted by atomic mass is 16.6. The molecule has 6 nitrogen and oxygen atoms in total. The zero-order valence-corrected chi connectivity index (χ0v) is 52.4. The number of hydrogen-bond acceptors (Lipinski definition) is 6. The van der Waals surface area contributed by atoms with Gasteiger partial charge in [-0.3, -0.25) is 14.4 Å². The molecule has 0 aliphatic heterocycles. The summed E-state index contributed by atoms with van der Waals surface area (Å²) in [4.78, 5) is 38.4. The lowest BCUT2D eigenvalue weighted by Crippen LogP contribution is -2.30. The minimum Gasteiger partial charge on any atom is -0.462 e. The summed E-state index contributed by atoms with van der Waals surface area (Å²) in [5.41, 5.74) is 0. The molecule has 0 aromatic rings. The highest BCUT2D eigenvalue weighted by Gasteiger charge is 2.19. The maximum absolute atomic E-state index is 12.9. The minimum absolute atomic E-state index is 0.0860. The summed E-state index contributed by atoms with van der Waals surface area (Å²) in [6, 6.07) is 0. The van der Waals surface area contributed by atoms with Crippen LogP contribution in [-0.2, 0) is 28.6 Å². The van der Waals surface area contributed by atoms with E-state index in [4.69, 9.17) is 14.2 Å². The molecule has 0 heterocycles. The molecule has 0 aliphatic carbocycles. The molecule has 0 aromatic heterocycles. The average molecular weight is 1100 g/mol. The first kappa shape index (κ1) is 75.6. The Morgan fingerprint density at radius 1 is 0.266 bits per heavy atom. The zero-order valence-electron chi connectivity index (χ0n) is 52.4. The molecule has 0 saturated carbocycles. The number of allylic oxidation sites excluding steroid dienone is 14. The van der Waals surface area contributed by atoms with Crippen LogP contribution < -0.4 is 0 Å². The Kier molecular flexibility index (Phi) is 64.2.